The van der Waals surface area contributed by atoms with Gasteiger partial charge >= 0.3 is 0 Å². The number of nitrogens with zero attached hydrogens (tertiary/aromatic N) is 5. The van der Waals surface area contributed by atoms with Crippen LogP contribution in [0.4, 0.5) is 0 Å². The molecule has 2 saturated heterocycles. The summed E-state index contributed by atoms with van der Waals surface area (Å²) in [5.41, 5.74) is 0.962. The highest BCUT2D eigenvalue weighted by molar-refractivity contribution is 6.30. The molecule has 2 fully saturated rings. The van der Waals surface area contributed by atoms with Crippen molar-refractivity contribution < 1.29 is 4.79 Å². The van der Waals surface area contributed by atoms with Gasteiger partial charge in [0.05, 0.1) is 6.42 Å². The Balaban J connectivity index is 1.46. The van der Waals surface area contributed by atoms with Gasteiger partial charge in [0.2, 0.25) is 5.91 Å². The van der Waals surface area contributed by atoms with Crippen LogP contribution in [0.15, 0.2) is 29.3 Å². The van der Waals surface area contributed by atoms with E-state index in [2.05, 4.69) is 39.1 Å². The fourth-order valence-electron chi connectivity index (χ4n) is 3.96. The third kappa shape index (κ3) is 6.07. The molecule has 3 rings (SSSR count). The Morgan fingerprint density at radius 1 is 1.14 bits per heavy atom. The van der Waals surface area contributed by atoms with Gasteiger partial charge in [-0.2, -0.15) is 0 Å². The highest BCUT2D eigenvalue weighted by Gasteiger charge is 2.25. The van der Waals surface area contributed by atoms with Gasteiger partial charge in [0.15, 0.2) is 5.96 Å². The number of hydrogen-bond acceptors (Lipinski definition) is 4. The molecule has 1 aromatic carbocycles. The molecule has 7 nitrogen and oxygen atoms in total. The van der Waals surface area contributed by atoms with Gasteiger partial charge in [-0.1, -0.05) is 23.7 Å². The molecule has 1 N–H and O–H groups in total. The Hall–Kier alpha value is -1.83. The Morgan fingerprint density at radius 2 is 1.86 bits per heavy atom. The minimum absolute atomic E-state index is 0.154. The number of aliphatic imine (C=N–C) groups is 1. The van der Waals surface area contributed by atoms with E-state index in [9.17, 15) is 4.79 Å². The Bertz CT molecular complexity index is 719. The normalized spacial score (nSPS) is 22.1. The molecule has 2 aliphatic heterocycles. The van der Waals surface area contributed by atoms with Crippen molar-refractivity contribution in [3.05, 3.63) is 34.9 Å². The van der Waals surface area contributed by atoms with Crippen LogP contribution in [-0.2, 0) is 11.2 Å². The summed E-state index contributed by atoms with van der Waals surface area (Å²) in [7, 11) is 6.19. The molecule has 0 aromatic heterocycles. The minimum atomic E-state index is 0.154. The monoisotopic (exact) mass is 420 g/mol. The number of carbonyl (C=O) groups is 1. The summed E-state index contributed by atoms with van der Waals surface area (Å²) in [6, 6.07) is 8.01. The zero-order valence-electron chi connectivity index (χ0n) is 17.8. The highest BCUT2D eigenvalue weighted by atomic mass is 35.5. The van der Waals surface area contributed by atoms with Gasteiger partial charge in [0.1, 0.15) is 0 Å². The standard InChI is InChI=1S/C21H33ClN6O/c1-23-21(24-15-19-16-25(2)7-8-26(19)3)28-11-9-27(10-12-28)20(29)14-17-5-4-6-18(22)13-17/h4-6,13,19H,7-12,14-16H2,1-3H3,(H,23,24). The van der Waals surface area contributed by atoms with E-state index in [-0.39, 0.29) is 5.91 Å². The summed E-state index contributed by atoms with van der Waals surface area (Å²) in [5.74, 6) is 1.08. The van der Waals surface area contributed by atoms with E-state index in [1.165, 1.54) is 0 Å². The first-order chi connectivity index (χ1) is 14.0. The average molecular weight is 421 g/mol. The average Bonchev–Trinajstić information content (AvgIpc) is 2.71. The number of halogens is 1. The number of hydrogen-bond donors (Lipinski definition) is 1. The molecule has 0 spiro atoms. The molecule has 2 heterocycles. The van der Waals surface area contributed by atoms with Crippen molar-refractivity contribution in [2.45, 2.75) is 12.5 Å². The Morgan fingerprint density at radius 3 is 2.55 bits per heavy atom. The number of nitrogens with one attached hydrogen (secondary N) is 1. The van der Waals surface area contributed by atoms with Crippen molar-refractivity contribution in [3.63, 3.8) is 0 Å². The maximum absolute atomic E-state index is 12.6. The van der Waals surface area contributed by atoms with E-state index in [1.807, 2.05) is 36.2 Å². The summed E-state index contributed by atoms with van der Waals surface area (Å²) in [4.78, 5) is 26.1. The molecule has 2 aliphatic rings. The lowest BCUT2D eigenvalue weighted by atomic mass is 10.1. The molecule has 1 amide bonds. The summed E-state index contributed by atoms with van der Waals surface area (Å²) in [5, 5.41) is 4.21. The molecule has 8 heteroatoms. The number of rotatable bonds is 4. The van der Waals surface area contributed by atoms with E-state index in [4.69, 9.17) is 11.6 Å². The molecule has 1 unspecified atom stereocenters. The molecular formula is C21H33ClN6O. The summed E-state index contributed by atoms with van der Waals surface area (Å²) < 4.78 is 0. The van der Waals surface area contributed by atoms with Crippen molar-refractivity contribution in [1.29, 1.82) is 0 Å². The third-order valence-corrected chi connectivity index (χ3v) is 6.10. The number of carbonyl (C=O) groups excluding carboxylic acids is 1. The quantitative estimate of drug-likeness (QED) is 0.578. The van der Waals surface area contributed by atoms with Crippen LogP contribution < -0.4 is 5.32 Å². The van der Waals surface area contributed by atoms with Crippen LogP contribution in [0.5, 0.6) is 0 Å². The first kappa shape index (κ1) is 21.9. The maximum Gasteiger partial charge on any atom is 0.227 e. The van der Waals surface area contributed by atoms with Crippen LogP contribution in [0.2, 0.25) is 5.02 Å². The lowest BCUT2D eigenvalue weighted by Gasteiger charge is -2.40. The second-order valence-corrected chi connectivity index (χ2v) is 8.44. The lowest BCUT2D eigenvalue weighted by Crippen LogP contribution is -2.58. The van der Waals surface area contributed by atoms with Crippen molar-refractivity contribution in [3.8, 4) is 0 Å². The van der Waals surface area contributed by atoms with Crippen molar-refractivity contribution in [2.75, 3.05) is 73.5 Å². The number of benzene rings is 1. The van der Waals surface area contributed by atoms with Gasteiger partial charge in [-0.15, -0.1) is 0 Å². The molecular weight excluding hydrogens is 388 g/mol. The smallest absolute Gasteiger partial charge is 0.227 e. The summed E-state index contributed by atoms with van der Waals surface area (Å²) >= 11 is 6.03. The summed E-state index contributed by atoms with van der Waals surface area (Å²) in [6.45, 7) is 7.16. The number of piperazine rings is 2. The lowest BCUT2D eigenvalue weighted by molar-refractivity contribution is -0.131. The fraction of sp³-hybridized carbons (Fsp3) is 0.619. The predicted octanol–water partition coefficient (Wildman–Crippen LogP) is 0.848. The summed E-state index contributed by atoms with van der Waals surface area (Å²) in [6.07, 6.45) is 0.398. The molecule has 1 atom stereocenters. The topological polar surface area (TPSA) is 54.4 Å². The highest BCUT2D eigenvalue weighted by Crippen LogP contribution is 2.13. The zero-order valence-corrected chi connectivity index (χ0v) is 18.5. The van der Waals surface area contributed by atoms with E-state index in [0.717, 1.165) is 50.8 Å². The van der Waals surface area contributed by atoms with Crippen LogP contribution in [0, 0.1) is 0 Å². The zero-order chi connectivity index (χ0) is 20.8. The van der Waals surface area contributed by atoms with Crippen LogP contribution in [-0.4, -0.2) is 111 Å². The molecule has 0 aliphatic carbocycles. The van der Waals surface area contributed by atoms with E-state index < -0.39 is 0 Å². The number of likely N-dealkylation sites (N-methyl/N-ethyl adjacent to an activating group) is 2. The first-order valence-corrected chi connectivity index (χ1v) is 10.7. The molecule has 160 valence electrons. The van der Waals surface area contributed by atoms with Crippen LogP contribution in [0.25, 0.3) is 0 Å². The van der Waals surface area contributed by atoms with Crippen LogP contribution >= 0.6 is 11.6 Å². The molecule has 1 aromatic rings. The third-order valence-electron chi connectivity index (χ3n) is 5.86. The second kappa shape index (κ2) is 10.3. The van der Waals surface area contributed by atoms with Gasteiger partial charge in [0, 0.05) is 70.5 Å². The van der Waals surface area contributed by atoms with Gasteiger partial charge in [-0.3, -0.25) is 14.7 Å². The van der Waals surface area contributed by atoms with Gasteiger partial charge in [0.25, 0.3) is 0 Å². The molecule has 0 saturated carbocycles. The van der Waals surface area contributed by atoms with Crippen LogP contribution in [0.3, 0.4) is 0 Å². The number of guanidine groups is 1. The minimum Gasteiger partial charge on any atom is -0.355 e. The largest absolute Gasteiger partial charge is 0.355 e. The van der Waals surface area contributed by atoms with Gasteiger partial charge in [-0.05, 0) is 31.8 Å². The molecule has 29 heavy (non-hydrogen) atoms. The molecule has 0 radical (unpaired) electrons. The van der Waals surface area contributed by atoms with Gasteiger partial charge in [-0.25, -0.2) is 0 Å². The van der Waals surface area contributed by atoms with E-state index in [1.54, 1.807) is 0 Å². The first-order valence-electron chi connectivity index (χ1n) is 10.3. The second-order valence-electron chi connectivity index (χ2n) is 8.00. The fourth-order valence-corrected chi connectivity index (χ4v) is 4.18. The SMILES string of the molecule is CN=C(NCC1CN(C)CCN1C)N1CCN(C(=O)Cc2cccc(Cl)c2)CC1. The van der Waals surface area contributed by atoms with Crippen molar-refractivity contribution in [1.82, 2.24) is 24.9 Å². The van der Waals surface area contributed by atoms with Crippen molar-refractivity contribution >= 4 is 23.5 Å². The van der Waals surface area contributed by atoms with Crippen LogP contribution in [0.1, 0.15) is 5.56 Å². The Kier molecular flexibility index (Phi) is 7.75. The molecule has 0 bridgehead atoms. The van der Waals surface area contributed by atoms with E-state index >= 15 is 0 Å². The van der Waals surface area contributed by atoms with Crippen molar-refractivity contribution in [2.24, 2.45) is 4.99 Å². The maximum atomic E-state index is 12.6. The van der Waals surface area contributed by atoms with E-state index in [0.29, 0.717) is 30.6 Å². The van der Waals surface area contributed by atoms with Gasteiger partial charge < -0.3 is 20.0 Å². The Labute approximate surface area is 179 Å². The predicted molar refractivity (Wildman–Crippen MR) is 119 cm³/mol. The number of amides is 1.